The predicted molar refractivity (Wildman–Crippen MR) is 79.1 cm³/mol. The van der Waals surface area contributed by atoms with E-state index in [1.807, 2.05) is 31.2 Å². The summed E-state index contributed by atoms with van der Waals surface area (Å²) in [6, 6.07) is 10.9. The molecule has 1 N–H and O–H groups in total. The largest absolute Gasteiger partial charge is 0.481 e. The van der Waals surface area contributed by atoms with Gasteiger partial charge in [0.2, 0.25) is 0 Å². The van der Waals surface area contributed by atoms with Crippen LogP contribution >= 0.6 is 11.6 Å². The highest BCUT2D eigenvalue weighted by Crippen LogP contribution is 2.19. The van der Waals surface area contributed by atoms with Crippen molar-refractivity contribution in [3.8, 4) is 5.75 Å². The number of anilines is 1. The van der Waals surface area contributed by atoms with Crippen LogP contribution in [0.25, 0.3) is 0 Å². The number of pyridine rings is 1. The number of ether oxygens (including phenoxy) is 1. The van der Waals surface area contributed by atoms with Crippen LogP contribution in [-0.2, 0) is 4.79 Å². The zero-order chi connectivity index (χ0) is 14.5. The van der Waals surface area contributed by atoms with Crippen molar-refractivity contribution in [1.82, 2.24) is 4.98 Å². The standard InChI is InChI=1S/C15H15ClN2O2/c1-10-5-3-6-12(9-10)20-11(2)15(19)18-13-7-4-8-17-14(13)16/h3-9,11H,1-2H3,(H,18,19)/t11-/m1/s1. The molecule has 0 radical (unpaired) electrons. The first-order chi connectivity index (χ1) is 9.56. The second-order valence-electron chi connectivity index (χ2n) is 4.41. The van der Waals surface area contributed by atoms with E-state index in [1.54, 1.807) is 25.3 Å². The molecule has 20 heavy (non-hydrogen) atoms. The minimum absolute atomic E-state index is 0.253. The van der Waals surface area contributed by atoms with Crippen molar-refractivity contribution in [3.05, 3.63) is 53.3 Å². The van der Waals surface area contributed by atoms with Crippen LogP contribution in [0.2, 0.25) is 5.15 Å². The summed E-state index contributed by atoms with van der Waals surface area (Å²) in [7, 11) is 0. The molecule has 0 fully saturated rings. The number of halogens is 1. The molecule has 0 spiro atoms. The fourth-order valence-corrected chi connectivity index (χ4v) is 1.83. The lowest BCUT2D eigenvalue weighted by molar-refractivity contribution is -0.122. The summed E-state index contributed by atoms with van der Waals surface area (Å²) in [5.41, 5.74) is 1.55. The molecular weight excluding hydrogens is 276 g/mol. The van der Waals surface area contributed by atoms with Gasteiger partial charge in [0.25, 0.3) is 5.91 Å². The van der Waals surface area contributed by atoms with E-state index in [-0.39, 0.29) is 11.1 Å². The molecule has 5 heteroatoms. The number of rotatable bonds is 4. The molecule has 2 rings (SSSR count). The van der Waals surface area contributed by atoms with E-state index >= 15 is 0 Å². The number of aryl methyl sites for hydroxylation is 1. The van der Waals surface area contributed by atoms with Gasteiger partial charge < -0.3 is 10.1 Å². The van der Waals surface area contributed by atoms with Crippen molar-refractivity contribution in [2.45, 2.75) is 20.0 Å². The molecule has 1 amide bonds. The number of hydrogen-bond acceptors (Lipinski definition) is 3. The van der Waals surface area contributed by atoms with Crippen LogP contribution in [0.1, 0.15) is 12.5 Å². The summed E-state index contributed by atoms with van der Waals surface area (Å²) in [5, 5.41) is 2.94. The Kier molecular flexibility index (Phi) is 4.58. The molecular formula is C15H15ClN2O2. The van der Waals surface area contributed by atoms with E-state index in [4.69, 9.17) is 16.3 Å². The van der Waals surface area contributed by atoms with Gasteiger partial charge in [-0.2, -0.15) is 0 Å². The zero-order valence-electron chi connectivity index (χ0n) is 11.3. The molecule has 0 aliphatic heterocycles. The third-order valence-corrected chi connectivity index (χ3v) is 2.99. The molecule has 0 unspecified atom stereocenters. The van der Waals surface area contributed by atoms with E-state index in [1.165, 1.54) is 0 Å². The number of carbonyl (C=O) groups is 1. The number of amides is 1. The fourth-order valence-electron chi connectivity index (χ4n) is 1.66. The molecule has 2 aromatic rings. The Morgan fingerprint density at radius 3 is 2.85 bits per heavy atom. The first-order valence-electron chi connectivity index (χ1n) is 6.21. The van der Waals surface area contributed by atoms with Gasteiger partial charge in [-0.25, -0.2) is 4.98 Å². The van der Waals surface area contributed by atoms with Crippen LogP contribution in [-0.4, -0.2) is 17.0 Å². The van der Waals surface area contributed by atoms with E-state index < -0.39 is 6.10 Å². The van der Waals surface area contributed by atoms with Gasteiger partial charge in [0.1, 0.15) is 5.75 Å². The minimum Gasteiger partial charge on any atom is -0.481 e. The summed E-state index contributed by atoms with van der Waals surface area (Å²) in [5.74, 6) is 0.381. The van der Waals surface area contributed by atoms with Crippen LogP contribution in [0.5, 0.6) is 5.75 Å². The second-order valence-corrected chi connectivity index (χ2v) is 4.77. The van der Waals surface area contributed by atoms with E-state index in [2.05, 4.69) is 10.3 Å². The average molecular weight is 291 g/mol. The lowest BCUT2D eigenvalue weighted by Gasteiger charge is -2.15. The highest BCUT2D eigenvalue weighted by molar-refractivity contribution is 6.32. The number of aromatic nitrogens is 1. The third-order valence-electron chi connectivity index (χ3n) is 2.69. The molecule has 1 heterocycles. The van der Waals surface area contributed by atoms with Crippen molar-refractivity contribution in [2.24, 2.45) is 0 Å². The van der Waals surface area contributed by atoms with E-state index in [9.17, 15) is 4.79 Å². The van der Waals surface area contributed by atoms with Crippen LogP contribution < -0.4 is 10.1 Å². The summed E-state index contributed by atoms with van der Waals surface area (Å²) < 4.78 is 5.59. The minimum atomic E-state index is -0.631. The van der Waals surface area contributed by atoms with E-state index in [0.717, 1.165) is 5.56 Å². The second kappa shape index (κ2) is 6.39. The van der Waals surface area contributed by atoms with E-state index in [0.29, 0.717) is 11.4 Å². The summed E-state index contributed by atoms with van der Waals surface area (Å²) >= 11 is 5.89. The van der Waals surface area contributed by atoms with Crippen LogP contribution in [0.15, 0.2) is 42.6 Å². The number of carbonyl (C=O) groups excluding carboxylic acids is 1. The number of benzene rings is 1. The molecule has 0 saturated heterocycles. The van der Waals surface area contributed by atoms with Crippen LogP contribution in [0, 0.1) is 6.92 Å². The van der Waals surface area contributed by atoms with Gasteiger partial charge >= 0.3 is 0 Å². The molecule has 1 atom stereocenters. The first kappa shape index (κ1) is 14.3. The lowest BCUT2D eigenvalue weighted by atomic mass is 10.2. The van der Waals surface area contributed by atoms with Gasteiger partial charge in [0, 0.05) is 6.20 Å². The monoisotopic (exact) mass is 290 g/mol. The molecule has 0 aliphatic rings. The van der Waals surface area contributed by atoms with Crippen molar-refractivity contribution in [1.29, 1.82) is 0 Å². The quantitative estimate of drug-likeness (QED) is 0.878. The maximum Gasteiger partial charge on any atom is 0.265 e. The van der Waals surface area contributed by atoms with Gasteiger partial charge in [-0.3, -0.25) is 4.79 Å². The molecule has 4 nitrogen and oxygen atoms in total. The molecule has 1 aromatic carbocycles. The molecule has 0 bridgehead atoms. The van der Waals surface area contributed by atoms with Gasteiger partial charge in [-0.15, -0.1) is 0 Å². The summed E-state index contributed by atoms with van der Waals surface area (Å²) in [6.07, 6.45) is 0.929. The average Bonchev–Trinajstić information content (AvgIpc) is 2.41. The maximum atomic E-state index is 12.0. The van der Waals surface area contributed by atoms with Crippen molar-refractivity contribution < 1.29 is 9.53 Å². The van der Waals surface area contributed by atoms with Gasteiger partial charge in [-0.1, -0.05) is 23.7 Å². The molecule has 1 aromatic heterocycles. The Bertz CT molecular complexity index is 616. The van der Waals surface area contributed by atoms with Crippen LogP contribution in [0.3, 0.4) is 0 Å². The normalized spacial score (nSPS) is 11.8. The van der Waals surface area contributed by atoms with Crippen LogP contribution in [0.4, 0.5) is 5.69 Å². The Morgan fingerprint density at radius 1 is 1.35 bits per heavy atom. The summed E-state index contributed by atoms with van der Waals surface area (Å²) in [6.45, 7) is 3.65. The van der Waals surface area contributed by atoms with Crippen molar-refractivity contribution in [3.63, 3.8) is 0 Å². The Labute approximate surface area is 122 Å². The Balaban J connectivity index is 2.01. The fraction of sp³-hybridized carbons (Fsp3) is 0.200. The highest BCUT2D eigenvalue weighted by atomic mass is 35.5. The number of nitrogens with zero attached hydrogens (tertiary/aromatic N) is 1. The molecule has 104 valence electrons. The maximum absolute atomic E-state index is 12.0. The Hall–Kier alpha value is -2.07. The van der Waals surface area contributed by atoms with Crippen molar-refractivity contribution >= 4 is 23.2 Å². The summed E-state index contributed by atoms with van der Waals surface area (Å²) in [4.78, 5) is 15.9. The Morgan fingerprint density at radius 2 is 2.15 bits per heavy atom. The smallest absolute Gasteiger partial charge is 0.265 e. The number of nitrogens with one attached hydrogen (secondary N) is 1. The first-order valence-corrected chi connectivity index (χ1v) is 6.59. The lowest BCUT2D eigenvalue weighted by Crippen LogP contribution is -2.30. The number of hydrogen-bond donors (Lipinski definition) is 1. The third kappa shape index (κ3) is 3.71. The SMILES string of the molecule is Cc1cccc(O[C@H](C)C(=O)Nc2cccnc2Cl)c1. The van der Waals surface area contributed by atoms with Gasteiger partial charge in [-0.05, 0) is 43.7 Å². The topological polar surface area (TPSA) is 51.2 Å². The molecule has 0 aliphatic carbocycles. The predicted octanol–water partition coefficient (Wildman–Crippen LogP) is 3.45. The molecule has 0 saturated carbocycles. The van der Waals surface area contributed by atoms with Crippen molar-refractivity contribution in [2.75, 3.05) is 5.32 Å². The highest BCUT2D eigenvalue weighted by Gasteiger charge is 2.16. The van der Waals surface area contributed by atoms with Gasteiger partial charge in [0.15, 0.2) is 11.3 Å². The zero-order valence-corrected chi connectivity index (χ0v) is 12.0. The van der Waals surface area contributed by atoms with Gasteiger partial charge in [0.05, 0.1) is 5.69 Å².